The summed E-state index contributed by atoms with van der Waals surface area (Å²) in [4.78, 5) is 2.29. The van der Waals surface area contributed by atoms with Gasteiger partial charge in [-0.05, 0) is 30.7 Å². The molecule has 1 aliphatic rings. The van der Waals surface area contributed by atoms with Crippen molar-refractivity contribution in [2.24, 2.45) is 11.7 Å². The molecule has 0 saturated carbocycles. The molecule has 0 radical (unpaired) electrons. The van der Waals surface area contributed by atoms with Gasteiger partial charge in [0.2, 0.25) is 6.79 Å². The van der Waals surface area contributed by atoms with Crippen molar-refractivity contribution in [1.82, 2.24) is 4.90 Å². The number of hydrogen-bond acceptors (Lipinski definition) is 4. The average molecular weight is 250 g/mol. The molecule has 4 nitrogen and oxygen atoms in total. The minimum absolute atomic E-state index is 0.224. The number of benzene rings is 1. The Kier molecular flexibility index (Phi) is 4.09. The van der Waals surface area contributed by atoms with Crippen LogP contribution in [0.3, 0.4) is 0 Å². The van der Waals surface area contributed by atoms with Crippen LogP contribution in [-0.4, -0.2) is 31.8 Å². The van der Waals surface area contributed by atoms with Crippen molar-refractivity contribution in [3.63, 3.8) is 0 Å². The van der Waals surface area contributed by atoms with E-state index in [9.17, 15) is 0 Å². The van der Waals surface area contributed by atoms with Crippen molar-refractivity contribution in [3.05, 3.63) is 23.8 Å². The number of hydrogen-bond donors (Lipinski definition) is 1. The Morgan fingerprint density at radius 3 is 2.67 bits per heavy atom. The molecule has 1 aromatic rings. The van der Waals surface area contributed by atoms with Crippen LogP contribution in [0, 0.1) is 5.92 Å². The standard InChI is InChI=1S/C14H22N2O2/c1-10(2)8-16(3)12(7-15)11-4-5-13-14(6-11)18-9-17-13/h4-6,10,12H,7-9,15H2,1-3H3. The van der Waals surface area contributed by atoms with Gasteiger partial charge in [-0.3, -0.25) is 4.90 Å². The van der Waals surface area contributed by atoms with Crippen LogP contribution >= 0.6 is 0 Å². The van der Waals surface area contributed by atoms with Gasteiger partial charge < -0.3 is 15.2 Å². The molecule has 0 bridgehead atoms. The van der Waals surface area contributed by atoms with Gasteiger partial charge in [-0.25, -0.2) is 0 Å². The molecule has 0 fully saturated rings. The molecule has 100 valence electrons. The maximum Gasteiger partial charge on any atom is 0.231 e. The van der Waals surface area contributed by atoms with Crippen molar-refractivity contribution in [2.45, 2.75) is 19.9 Å². The minimum Gasteiger partial charge on any atom is -0.454 e. The van der Waals surface area contributed by atoms with Crippen LogP contribution in [0.15, 0.2) is 18.2 Å². The topological polar surface area (TPSA) is 47.7 Å². The van der Waals surface area contributed by atoms with Crippen LogP contribution < -0.4 is 15.2 Å². The molecule has 1 atom stereocenters. The average Bonchev–Trinajstić information content (AvgIpc) is 2.76. The van der Waals surface area contributed by atoms with Gasteiger partial charge in [-0.2, -0.15) is 0 Å². The molecule has 0 saturated heterocycles. The lowest BCUT2D eigenvalue weighted by Gasteiger charge is -2.28. The third-order valence-corrected chi connectivity index (χ3v) is 3.19. The Hall–Kier alpha value is -1.26. The second kappa shape index (κ2) is 5.59. The van der Waals surface area contributed by atoms with Gasteiger partial charge in [-0.15, -0.1) is 0 Å². The lowest BCUT2D eigenvalue weighted by atomic mass is 10.0. The molecule has 4 heteroatoms. The quantitative estimate of drug-likeness (QED) is 0.868. The van der Waals surface area contributed by atoms with Gasteiger partial charge in [0.15, 0.2) is 11.5 Å². The van der Waals surface area contributed by atoms with Gasteiger partial charge in [0.1, 0.15) is 0 Å². The summed E-state index contributed by atoms with van der Waals surface area (Å²) >= 11 is 0. The first kappa shape index (κ1) is 13.2. The zero-order chi connectivity index (χ0) is 13.1. The second-order valence-corrected chi connectivity index (χ2v) is 5.20. The largest absolute Gasteiger partial charge is 0.454 e. The predicted molar refractivity (Wildman–Crippen MR) is 71.8 cm³/mol. The van der Waals surface area contributed by atoms with E-state index in [4.69, 9.17) is 15.2 Å². The number of nitrogens with two attached hydrogens (primary N) is 1. The van der Waals surface area contributed by atoms with Gasteiger partial charge >= 0.3 is 0 Å². The van der Waals surface area contributed by atoms with Crippen LogP contribution in [0.25, 0.3) is 0 Å². The maximum absolute atomic E-state index is 5.91. The van der Waals surface area contributed by atoms with Gasteiger partial charge in [0, 0.05) is 19.1 Å². The number of nitrogens with zero attached hydrogens (tertiary/aromatic N) is 1. The molecular formula is C14H22N2O2. The number of rotatable bonds is 5. The second-order valence-electron chi connectivity index (χ2n) is 5.20. The first-order valence-corrected chi connectivity index (χ1v) is 6.41. The van der Waals surface area contributed by atoms with E-state index in [1.807, 2.05) is 12.1 Å². The maximum atomic E-state index is 5.91. The van der Waals surface area contributed by atoms with Crippen molar-refractivity contribution in [3.8, 4) is 11.5 Å². The summed E-state index contributed by atoms with van der Waals surface area (Å²) in [6, 6.07) is 6.30. The highest BCUT2D eigenvalue weighted by Gasteiger charge is 2.20. The van der Waals surface area contributed by atoms with E-state index >= 15 is 0 Å². The lowest BCUT2D eigenvalue weighted by molar-refractivity contribution is 0.173. The Bertz CT molecular complexity index is 407. The highest BCUT2D eigenvalue weighted by atomic mass is 16.7. The molecule has 0 aromatic heterocycles. The normalized spacial score (nSPS) is 15.4. The first-order valence-electron chi connectivity index (χ1n) is 6.41. The molecule has 1 aliphatic heterocycles. The minimum atomic E-state index is 0.224. The number of ether oxygens (including phenoxy) is 2. The van der Waals surface area contributed by atoms with E-state index in [0.29, 0.717) is 19.3 Å². The number of likely N-dealkylation sites (N-methyl/N-ethyl adjacent to an activating group) is 1. The molecule has 1 heterocycles. The Balaban J connectivity index is 2.17. The molecule has 1 aromatic carbocycles. The van der Waals surface area contributed by atoms with Crippen LogP contribution in [0.4, 0.5) is 0 Å². The van der Waals surface area contributed by atoms with Gasteiger partial charge in [-0.1, -0.05) is 19.9 Å². The van der Waals surface area contributed by atoms with E-state index in [-0.39, 0.29) is 6.04 Å². The fraction of sp³-hybridized carbons (Fsp3) is 0.571. The fourth-order valence-corrected chi connectivity index (χ4v) is 2.39. The van der Waals surface area contributed by atoms with Crippen molar-refractivity contribution in [1.29, 1.82) is 0 Å². The van der Waals surface area contributed by atoms with Crippen molar-refractivity contribution in [2.75, 3.05) is 26.9 Å². The summed E-state index contributed by atoms with van der Waals surface area (Å²) in [6.07, 6.45) is 0. The third kappa shape index (κ3) is 2.76. The Morgan fingerprint density at radius 1 is 1.28 bits per heavy atom. The molecule has 18 heavy (non-hydrogen) atoms. The van der Waals surface area contributed by atoms with E-state index in [1.165, 1.54) is 5.56 Å². The first-order chi connectivity index (χ1) is 8.61. The predicted octanol–water partition coefficient (Wildman–Crippen LogP) is 2.00. The van der Waals surface area contributed by atoms with Crippen molar-refractivity contribution >= 4 is 0 Å². The van der Waals surface area contributed by atoms with Gasteiger partial charge in [0.05, 0.1) is 0 Å². The summed E-state index contributed by atoms with van der Waals surface area (Å²) < 4.78 is 10.7. The number of fused-ring (bicyclic) bond motifs is 1. The highest BCUT2D eigenvalue weighted by Crippen LogP contribution is 2.35. The van der Waals surface area contributed by atoms with Crippen LogP contribution in [0.5, 0.6) is 11.5 Å². The lowest BCUT2D eigenvalue weighted by Crippen LogP contribution is -2.33. The molecule has 2 rings (SSSR count). The monoisotopic (exact) mass is 250 g/mol. The van der Waals surface area contributed by atoms with Crippen molar-refractivity contribution < 1.29 is 9.47 Å². The Labute approximate surface area is 109 Å². The smallest absolute Gasteiger partial charge is 0.231 e. The van der Waals surface area contributed by atoms with E-state index in [0.717, 1.165) is 18.0 Å². The summed E-state index contributed by atoms with van der Waals surface area (Å²) in [6.45, 7) is 6.36. The van der Waals surface area contributed by atoms with E-state index < -0.39 is 0 Å². The zero-order valence-electron chi connectivity index (χ0n) is 11.3. The van der Waals surface area contributed by atoms with Crippen LogP contribution in [0.1, 0.15) is 25.5 Å². The summed E-state index contributed by atoms with van der Waals surface area (Å²) in [5.41, 5.74) is 7.10. The fourth-order valence-electron chi connectivity index (χ4n) is 2.39. The highest BCUT2D eigenvalue weighted by molar-refractivity contribution is 5.45. The Morgan fingerprint density at radius 2 is 2.00 bits per heavy atom. The molecule has 1 unspecified atom stereocenters. The SMILES string of the molecule is CC(C)CN(C)C(CN)c1ccc2c(c1)OCO2. The van der Waals surface area contributed by atoms with Crippen LogP contribution in [0.2, 0.25) is 0 Å². The van der Waals surface area contributed by atoms with E-state index in [1.54, 1.807) is 0 Å². The third-order valence-electron chi connectivity index (χ3n) is 3.19. The molecular weight excluding hydrogens is 228 g/mol. The molecule has 0 spiro atoms. The van der Waals surface area contributed by atoms with Gasteiger partial charge in [0.25, 0.3) is 0 Å². The molecule has 0 amide bonds. The zero-order valence-corrected chi connectivity index (χ0v) is 11.3. The molecule has 0 aliphatic carbocycles. The van der Waals surface area contributed by atoms with Crippen LogP contribution in [-0.2, 0) is 0 Å². The summed E-state index contributed by atoms with van der Waals surface area (Å²) in [7, 11) is 2.11. The summed E-state index contributed by atoms with van der Waals surface area (Å²) in [5, 5.41) is 0. The van der Waals surface area contributed by atoms with E-state index in [2.05, 4.69) is 31.9 Å². The summed E-state index contributed by atoms with van der Waals surface area (Å²) in [5.74, 6) is 2.27. The molecule has 2 N–H and O–H groups in total.